The number of nitrogens with one attached hydrogen (secondary N) is 1. The molecule has 1 saturated heterocycles. The number of methoxy groups -OCH3 is 1. The molecular weight excluding hydrogens is 532 g/mol. The molecule has 2 aliphatic heterocycles. The highest BCUT2D eigenvalue weighted by Crippen LogP contribution is 2.32. The molecule has 3 heterocycles. The number of amides is 1. The molecule has 0 bridgehead atoms. The van der Waals surface area contributed by atoms with Gasteiger partial charge in [0, 0.05) is 24.5 Å². The molecule has 1 fully saturated rings. The average molecular weight is 565 g/mol. The van der Waals surface area contributed by atoms with Crippen molar-refractivity contribution < 1.29 is 9.53 Å². The molecule has 4 aromatic rings. The first kappa shape index (κ1) is 26.8. The van der Waals surface area contributed by atoms with Gasteiger partial charge in [0.25, 0.3) is 11.5 Å². The van der Waals surface area contributed by atoms with Crippen LogP contribution in [0.15, 0.2) is 99.9 Å². The van der Waals surface area contributed by atoms with Gasteiger partial charge in [0.1, 0.15) is 5.75 Å². The van der Waals surface area contributed by atoms with Crippen molar-refractivity contribution in [1.29, 1.82) is 0 Å². The summed E-state index contributed by atoms with van der Waals surface area (Å²) in [5.41, 5.74) is 4.43. The Kier molecular flexibility index (Phi) is 7.57. The second-order valence-corrected chi connectivity index (χ2v) is 11.3. The Morgan fingerprint density at radius 2 is 1.76 bits per heavy atom. The molecule has 3 aromatic carbocycles. The van der Waals surface area contributed by atoms with Gasteiger partial charge < -0.3 is 15.0 Å². The molecule has 1 atom stereocenters. The number of para-hydroxylation sites is 1. The predicted octanol–water partition coefficient (Wildman–Crippen LogP) is 4.87. The van der Waals surface area contributed by atoms with Crippen LogP contribution in [0.25, 0.3) is 6.08 Å². The molecular formula is C33H32N4O3S. The number of carbonyl (C=O) groups excluding carboxylic acids is 1. The molecule has 41 heavy (non-hydrogen) atoms. The SMILES string of the molecule is COc1cccc([C@H]2C(C(=O)Nc3ccccc3)=C(C)N=c3s/c(=C/c4ccc(N5CCCCC5)cc4)c(=O)n32)c1. The fourth-order valence-electron chi connectivity index (χ4n) is 5.54. The van der Waals surface area contributed by atoms with Crippen LogP contribution in [0.2, 0.25) is 0 Å². The van der Waals surface area contributed by atoms with E-state index in [2.05, 4.69) is 34.5 Å². The minimum absolute atomic E-state index is 0.181. The molecule has 0 saturated carbocycles. The van der Waals surface area contributed by atoms with E-state index in [9.17, 15) is 9.59 Å². The Bertz CT molecular complexity index is 1780. The molecule has 208 valence electrons. The average Bonchev–Trinajstić information content (AvgIpc) is 3.31. The van der Waals surface area contributed by atoms with Gasteiger partial charge in [-0.3, -0.25) is 14.2 Å². The summed E-state index contributed by atoms with van der Waals surface area (Å²) in [5.74, 6) is 0.351. The zero-order valence-electron chi connectivity index (χ0n) is 23.2. The molecule has 0 radical (unpaired) electrons. The van der Waals surface area contributed by atoms with Crippen LogP contribution in [0, 0.1) is 0 Å². The molecule has 7 nitrogen and oxygen atoms in total. The number of benzene rings is 3. The number of hydrogen-bond acceptors (Lipinski definition) is 6. The van der Waals surface area contributed by atoms with Crippen molar-refractivity contribution in [2.45, 2.75) is 32.2 Å². The molecule has 8 heteroatoms. The molecule has 0 spiro atoms. The van der Waals surface area contributed by atoms with Gasteiger partial charge in [-0.15, -0.1) is 0 Å². The number of piperidine rings is 1. The Morgan fingerprint density at radius 1 is 1.00 bits per heavy atom. The summed E-state index contributed by atoms with van der Waals surface area (Å²) in [6.45, 7) is 3.99. The fraction of sp³-hybridized carbons (Fsp3) is 0.242. The van der Waals surface area contributed by atoms with Gasteiger partial charge in [0.2, 0.25) is 0 Å². The molecule has 1 N–H and O–H groups in total. The van der Waals surface area contributed by atoms with Crippen LogP contribution < -0.4 is 29.8 Å². The Labute approximate surface area is 242 Å². The van der Waals surface area contributed by atoms with Crippen LogP contribution in [0.5, 0.6) is 5.75 Å². The van der Waals surface area contributed by atoms with E-state index in [0.717, 1.165) is 24.2 Å². The first-order valence-electron chi connectivity index (χ1n) is 13.9. The normalized spacial score (nSPS) is 17.2. The third kappa shape index (κ3) is 5.47. The minimum Gasteiger partial charge on any atom is -0.497 e. The third-order valence-corrected chi connectivity index (χ3v) is 8.60. The van der Waals surface area contributed by atoms with Crippen LogP contribution in [0.3, 0.4) is 0 Å². The number of thiazole rings is 1. The molecule has 0 unspecified atom stereocenters. The number of carbonyl (C=O) groups is 1. The Morgan fingerprint density at radius 3 is 2.49 bits per heavy atom. The van der Waals surface area contributed by atoms with E-state index in [0.29, 0.717) is 32.0 Å². The van der Waals surface area contributed by atoms with Crippen LogP contribution in [-0.4, -0.2) is 30.7 Å². The monoisotopic (exact) mass is 564 g/mol. The fourth-order valence-corrected chi connectivity index (χ4v) is 6.59. The van der Waals surface area contributed by atoms with Crippen molar-refractivity contribution in [2.75, 3.05) is 30.4 Å². The van der Waals surface area contributed by atoms with Crippen LogP contribution in [0.1, 0.15) is 43.4 Å². The lowest BCUT2D eigenvalue weighted by Crippen LogP contribution is -2.40. The van der Waals surface area contributed by atoms with E-state index >= 15 is 0 Å². The highest BCUT2D eigenvalue weighted by atomic mass is 32.1. The zero-order valence-corrected chi connectivity index (χ0v) is 24.0. The van der Waals surface area contributed by atoms with Gasteiger partial charge >= 0.3 is 0 Å². The van der Waals surface area contributed by atoms with Gasteiger partial charge in [-0.25, -0.2) is 4.99 Å². The number of hydrogen-bond donors (Lipinski definition) is 1. The third-order valence-electron chi connectivity index (χ3n) is 7.62. The first-order chi connectivity index (χ1) is 20.0. The highest BCUT2D eigenvalue weighted by molar-refractivity contribution is 7.07. The molecule has 2 aliphatic rings. The first-order valence-corrected chi connectivity index (χ1v) is 14.7. The van der Waals surface area contributed by atoms with Crippen molar-refractivity contribution in [3.8, 4) is 5.75 Å². The maximum atomic E-state index is 14.0. The zero-order chi connectivity index (χ0) is 28.3. The summed E-state index contributed by atoms with van der Waals surface area (Å²) in [7, 11) is 1.60. The summed E-state index contributed by atoms with van der Waals surface area (Å²) < 4.78 is 7.69. The van der Waals surface area contributed by atoms with Gasteiger partial charge in [-0.05, 0) is 79.8 Å². The van der Waals surface area contributed by atoms with Crippen molar-refractivity contribution in [3.63, 3.8) is 0 Å². The summed E-state index contributed by atoms with van der Waals surface area (Å²) in [4.78, 5) is 35.4. The predicted molar refractivity (Wildman–Crippen MR) is 164 cm³/mol. The lowest BCUT2D eigenvalue weighted by Gasteiger charge is -2.28. The lowest BCUT2D eigenvalue weighted by molar-refractivity contribution is -0.113. The number of rotatable bonds is 6. The topological polar surface area (TPSA) is 75.9 Å². The highest BCUT2D eigenvalue weighted by Gasteiger charge is 2.32. The molecule has 6 rings (SSSR count). The van der Waals surface area contributed by atoms with Gasteiger partial charge in [0.15, 0.2) is 4.80 Å². The number of fused-ring (bicyclic) bond motifs is 1. The number of ether oxygens (including phenoxy) is 1. The quantitative estimate of drug-likeness (QED) is 0.363. The van der Waals surface area contributed by atoms with Crippen molar-refractivity contribution in [2.24, 2.45) is 4.99 Å². The summed E-state index contributed by atoms with van der Waals surface area (Å²) in [5, 5.41) is 2.99. The molecule has 0 aliphatic carbocycles. The second-order valence-electron chi connectivity index (χ2n) is 10.3. The standard InChI is InChI=1S/C33H32N4O3S/c1-22-29(31(38)35-25-11-5-3-6-12-25)30(24-10-9-13-27(21-24)40-2)37-32(39)28(41-33(37)34-22)20-23-14-16-26(17-15-23)36-18-7-4-8-19-36/h3,5-6,9-17,20-21,30H,4,7-8,18-19H2,1-2H3,(H,35,38)/b28-20+/t30-/m0/s1. The number of nitrogens with zero attached hydrogens (tertiary/aromatic N) is 3. The van der Waals surface area contributed by atoms with Gasteiger partial charge in [-0.2, -0.15) is 0 Å². The Hall–Kier alpha value is -4.43. The van der Waals surface area contributed by atoms with Crippen molar-refractivity contribution in [1.82, 2.24) is 4.57 Å². The van der Waals surface area contributed by atoms with Gasteiger partial charge in [-0.1, -0.05) is 53.8 Å². The van der Waals surface area contributed by atoms with Crippen molar-refractivity contribution in [3.05, 3.63) is 121 Å². The van der Waals surface area contributed by atoms with E-state index in [1.807, 2.05) is 67.6 Å². The van der Waals surface area contributed by atoms with E-state index < -0.39 is 6.04 Å². The van der Waals surface area contributed by atoms with Crippen LogP contribution in [-0.2, 0) is 4.79 Å². The van der Waals surface area contributed by atoms with E-state index in [1.165, 1.54) is 36.3 Å². The molecule has 1 aromatic heterocycles. The largest absolute Gasteiger partial charge is 0.497 e. The number of allylic oxidation sites excluding steroid dienone is 1. The van der Waals surface area contributed by atoms with E-state index in [-0.39, 0.29) is 11.5 Å². The van der Waals surface area contributed by atoms with Crippen LogP contribution >= 0.6 is 11.3 Å². The van der Waals surface area contributed by atoms with E-state index in [1.54, 1.807) is 11.7 Å². The van der Waals surface area contributed by atoms with Crippen molar-refractivity contribution >= 4 is 34.7 Å². The minimum atomic E-state index is -0.659. The molecule has 1 amide bonds. The summed E-state index contributed by atoms with van der Waals surface area (Å²) in [6.07, 6.45) is 5.65. The maximum Gasteiger partial charge on any atom is 0.271 e. The van der Waals surface area contributed by atoms with Crippen LogP contribution in [0.4, 0.5) is 11.4 Å². The summed E-state index contributed by atoms with van der Waals surface area (Å²) >= 11 is 1.34. The number of aromatic nitrogens is 1. The number of anilines is 2. The van der Waals surface area contributed by atoms with Gasteiger partial charge in [0.05, 0.1) is 29.0 Å². The van der Waals surface area contributed by atoms with E-state index in [4.69, 9.17) is 9.73 Å². The second kappa shape index (κ2) is 11.6. The summed E-state index contributed by atoms with van der Waals surface area (Å²) in [6, 6.07) is 24.5. The lowest BCUT2D eigenvalue weighted by atomic mass is 9.95. The smallest absolute Gasteiger partial charge is 0.271 e. The maximum absolute atomic E-state index is 14.0. The Balaban J connectivity index is 1.42.